The van der Waals surface area contributed by atoms with Gasteiger partial charge < -0.3 is 10.8 Å². The molecule has 0 saturated heterocycles. The molecule has 0 amide bonds. The van der Waals surface area contributed by atoms with E-state index in [0.29, 0.717) is 0 Å². The molecule has 5 nitrogen and oxygen atoms in total. The number of aliphatic hydroxyl groups is 1. The first-order chi connectivity index (χ1) is 8.46. The van der Waals surface area contributed by atoms with Crippen molar-refractivity contribution in [1.82, 2.24) is 4.31 Å². The smallest absolute Gasteiger partial charge is 0.245 e. The molecule has 1 aromatic carbocycles. The van der Waals surface area contributed by atoms with Crippen LogP contribution in [0, 0.1) is 6.92 Å². The molecule has 0 heterocycles. The standard InChI is InChI=1S/C12H18N2O3S/c1-9-2-5-12(11(13)8-9)18(16,17)14(6-7-15)10-3-4-10/h2,5,8,10,15H,3-4,6-7,13H2,1H3. The van der Waals surface area contributed by atoms with Crippen molar-refractivity contribution in [2.45, 2.75) is 30.7 Å². The zero-order chi connectivity index (χ0) is 13.3. The van der Waals surface area contributed by atoms with Crippen molar-refractivity contribution in [3.8, 4) is 0 Å². The minimum Gasteiger partial charge on any atom is -0.398 e. The van der Waals surface area contributed by atoms with Gasteiger partial charge in [-0.05, 0) is 37.5 Å². The van der Waals surface area contributed by atoms with Crippen LogP contribution in [0.15, 0.2) is 23.1 Å². The number of benzene rings is 1. The second-order valence-corrected chi connectivity index (χ2v) is 6.47. The maximum atomic E-state index is 12.5. The molecular formula is C12H18N2O3S. The number of aliphatic hydroxyl groups excluding tert-OH is 1. The highest BCUT2D eigenvalue weighted by molar-refractivity contribution is 7.89. The van der Waals surface area contributed by atoms with Gasteiger partial charge in [0.1, 0.15) is 4.90 Å². The number of nitrogens with two attached hydrogens (primary N) is 1. The summed E-state index contributed by atoms with van der Waals surface area (Å²) in [6.45, 7) is 1.81. The van der Waals surface area contributed by atoms with Gasteiger partial charge in [-0.25, -0.2) is 8.42 Å². The molecule has 1 aliphatic carbocycles. The second kappa shape index (κ2) is 4.87. The summed E-state index contributed by atoms with van der Waals surface area (Å²) < 4.78 is 26.3. The quantitative estimate of drug-likeness (QED) is 0.772. The van der Waals surface area contributed by atoms with Crippen molar-refractivity contribution in [2.24, 2.45) is 0 Å². The van der Waals surface area contributed by atoms with E-state index in [4.69, 9.17) is 10.8 Å². The number of hydrogen-bond acceptors (Lipinski definition) is 4. The lowest BCUT2D eigenvalue weighted by molar-refractivity contribution is 0.250. The van der Waals surface area contributed by atoms with E-state index < -0.39 is 10.0 Å². The first-order valence-electron chi connectivity index (χ1n) is 5.95. The Bertz CT molecular complexity index is 538. The highest BCUT2D eigenvalue weighted by Crippen LogP contribution is 2.33. The minimum atomic E-state index is -3.60. The average molecular weight is 270 g/mol. The Kier molecular flexibility index (Phi) is 3.61. The van der Waals surface area contributed by atoms with Crippen LogP contribution in [0.4, 0.5) is 5.69 Å². The zero-order valence-corrected chi connectivity index (χ0v) is 11.2. The lowest BCUT2D eigenvalue weighted by Gasteiger charge is -2.21. The molecule has 0 radical (unpaired) electrons. The molecule has 0 atom stereocenters. The fraction of sp³-hybridized carbons (Fsp3) is 0.500. The molecule has 18 heavy (non-hydrogen) atoms. The van der Waals surface area contributed by atoms with Gasteiger partial charge in [0.2, 0.25) is 10.0 Å². The van der Waals surface area contributed by atoms with E-state index in [9.17, 15) is 8.42 Å². The lowest BCUT2D eigenvalue weighted by atomic mass is 10.2. The number of anilines is 1. The summed E-state index contributed by atoms with van der Waals surface area (Å²) in [6.07, 6.45) is 1.70. The number of sulfonamides is 1. The predicted molar refractivity (Wildman–Crippen MR) is 69.6 cm³/mol. The summed E-state index contributed by atoms with van der Waals surface area (Å²) in [5, 5.41) is 9.00. The number of rotatable bonds is 5. The second-order valence-electron chi connectivity index (χ2n) is 4.61. The van der Waals surface area contributed by atoms with Crippen LogP contribution in [0.1, 0.15) is 18.4 Å². The van der Waals surface area contributed by atoms with Crippen molar-refractivity contribution >= 4 is 15.7 Å². The van der Waals surface area contributed by atoms with Gasteiger partial charge in [-0.1, -0.05) is 6.07 Å². The van der Waals surface area contributed by atoms with Gasteiger partial charge in [-0.15, -0.1) is 0 Å². The minimum absolute atomic E-state index is 0.0165. The van der Waals surface area contributed by atoms with Crippen LogP contribution in [0.25, 0.3) is 0 Å². The molecular weight excluding hydrogens is 252 g/mol. The Morgan fingerprint density at radius 3 is 2.61 bits per heavy atom. The third-order valence-electron chi connectivity index (χ3n) is 3.03. The Hall–Kier alpha value is -1.11. The fourth-order valence-corrected chi connectivity index (χ4v) is 3.76. The molecule has 0 aromatic heterocycles. The molecule has 2 rings (SSSR count). The molecule has 1 aromatic rings. The number of aryl methyl sites for hydroxylation is 1. The van der Waals surface area contributed by atoms with Crippen molar-refractivity contribution in [3.63, 3.8) is 0 Å². The van der Waals surface area contributed by atoms with Crippen molar-refractivity contribution in [2.75, 3.05) is 18.9 Å². The molecule has 0 aliphatic heterocycles. The van der Waals surface area contributed by atoms with E-state index in [1.807, 2.05) is 6.92 Å². The monoisotopic (exact) mass is 270 g/mol. The topological polar surface area (TPSA) is 83.6 Å². The number of hydrogen-bond donors (Lipinski definition) is 2. The van der Waals surface area contributed by atoms with E-state index in [0.717, 1.165) is 18.4 Å². The van der Waals surface area contributed by atoms with Gasteiger partial charge in [0.15, 0.2) is 0 Å². The highest BCUT2D eigenvalue weighted by atomic mass is 32.2. The SMILES string of the molecule is Cc1ccc(S(=O)(=O)N(CCO)C2CC2)c(N)c1. The summed E-state index contributed by atoms with van der Waals surface area (Å²) in [5.74, 6) is 0. The molecule has 6 heteroatoms. The van der Waals surface area contributed by atoms with Gasteiger partial charge in [-0.2, -0.15) is 4.31 Å². The first kappa shape index (κ1) is 13.3. The summed E-state index contributed by atoms with van der Waals surface area (Å²) >= 11 is 0. The van der Waals surface area contributed by atoms with Crippen LogP contribution in [0.2, 0.25) is 0 Å². The molecule has 3 N–H and O–H groups in total. The van der Waals surface area contributed by atoms with Crippen LogP contribution in [-0.2, 0) is 10.0 Å². The van der Waals surface area contributed by atoms with Crippen LogP contribution in [0.5, 0.6) is 0 Å². The van der Waals surface area contributed by atoms with Gasteiger partial charge >= 0.3 is 0 Å². The van der Waals surface area contributed by atoms with Crippen LogP contribution in [-0.4, -0.2) is 37.0 Å². The third kappa shape index (κ3) is 2.50. The molecule has 0 unspecified atom stereocenters. The summed E-state index contributed by atoms with van der Waals surface area (Å²) in [7, 11) is -3.60. The number of nitrogens with zero attached hydrogens (tertiary/aromatic N) is 1. The van der Waals surface area contributed by atoms with Gasteiger partial charge in [0.25, 0.3) is 0 Å². The predicted octanol–water partition coefficient (Wildman–Crippen LogP) is 0.723. The third-order valence-corrected chi connectivity index (χ3v) is 5.05. The van der Waals surface area contributed by atoms with E-state index in [1.54, 1.807) is 12.1 Å². The van der Waals surface area contributed by atoms with E-state index in [1.165, 1.54) is 10.4 Å². The van der Waals surface area contributed by atoms with Crippen molar-refractivity contribution in [1.29, 1.82) is 0 Å². The van der Waals surface area contributed by atoms with Crippen LogP contribution >= 0.6 is 0 Å². The van der Waals surface area contributed by atoms with E-state index in [2.05, 4.69) is 0 Å². The Morgan fingerprint density at radius 2 is 2.11 bits per heavy atom. The Balaban J connectivity index is 2.39. The van der Waals surface area contributed by atoms with Gasteiger partial charge in [-0.3, -0.25) is 0 Å². The Labute approximate surface area is 107 Å². The summed E-state index contributed by atoms with van der Waals surface area (Å²) in [5.41, 5.74) is 6.98. The Morgan fingerprint density at radius 1 is 1.44 bits per heavy atom. The van der Waals surface area contributed by atoms with Crippen molar-refractivity contribution < 1.29 is 13.5 Å². The van der Waals surface area contributed by atoms with Gasteiger partial charge in [0, 0.05) is 12.6 Å². The molecule has 0 spiro atoms. The summed E-state index contributed by atoms with van der Waals surface area (Å²) in [4.78, 5) is 0.133. The molecule has 1 fully saturated rings. The van der Waals surface area contributed by atoms with Crippen molar-refractivity contribution in [3.05, 3.63) is 23.8 Å². The maximum Gasteiger partial charge on any atom is 0.245 e. The normalized spacial score (nSPS) is 16.2. The average Bonchev–Trinajstić information content (AvgIpc) is 3.08. The zero-order valence-electron chi connectivity index (χ0n) is 10.3. The summed E-state index contributed by atoms with van der Waals surface area (Å²) in [6, 6.07) is 4.93. The molecule has 100 valence electrons. The lowest BCUT2D eigenvalue weighted by Crippen LogP contribution is -2.35. The van der Waals surface area contributed by atoms with E-state index in [-0.39, 0.29) is 29.8 Å². The van der Waals surface area contributed by atoms with Crippen LogP contribution < -0.4 is 5.73 Å². The number of nitrogen functional groups attached to an aromatic ring is 1. The molecule has 1 aliphatic rings. The fourth-order valence-electron chi connectivity index (χ4n) is 1.99. The molecule has 1 saturated carbocycles. The molecule has 0 bridgehead atoms. The first-order valence-corrected chi connectivity index (χ1v) is 7.39. The maximum absolute atomic E-state index is 12.5. The van der Waals surface area contributed by atoms with E-state index >= 15 is 0 Å². The van der Waals surface area contributed by atoms with Gasteiger partial charge in [0.05, 0.1) is 12.3 Å². The highest BCUT2D eigenvalue weighted by Gasteiger charge is 2.38. The van der Waals surface area contributed by atoms with Crippen LogP contribution in [0.3, 0.4) is 0 Å². The largest absolute Gasteiger partial charge is 0.398 e.